The molecule has 3 aromatic rings. The summed E-state index contributed by atoms with van der Waals surface area (Å²) in [7, 11) is 1.24. The highest BCUT2D eigenvalue weighted by molar-refractivity contribution is 7.16. The second kappa shape index (κ2) is 9.11. The first-order chi connectivity index (χ1) is 14.0. The van der Waals surface area contributed by atoms with E-state index >= 15 is 0 Å². The molecule has 0 bridgehead atoms. The Balaban J connectivity index is 1.52. The molecule has 10 heteroatoms. The van der Waals surface area contributed by atoms with E-state index in [-0.39, 0.29) is 29.8 Å². The molecule has 1 N–H and O–H groups in total. The Morgan fingerprint density at radius 3 is 2.79 bits per heavy atom. The lowest BCUT2D eigenvalue weighted by molar-refractivity contribution is -0.147. The minimum absolute atomic E-state index is 0.0866. The van der Waals surface area contributed by atoms with Crippen molar-refractivity contribution in [2.24, 2.45) is 0 Å². The summed E-state index contributed by atoms with van der Waals surface area (Å²) in [5, 5.41) is 4.77. The number of carbonyl (C=O) groups excluding carboxylic acids is 3. The van der Waals surface area contributed by atoms with Gasteiger partial charge < -0.3 is 14.8 Å². The third-order valence-electron chi connectivity index (χ3n) is 3.98. The third kappa shape index (κ3) is 4.85. The number of rotatable bonds is 7. The standard InChI is InChI=1S/C19H17N3O6S/c1-27-19(26)12-4-2-3-5-14(12)21-15(23)10-28-16(24)6-8-22-11-20-17-13(18(22)25)7-9-29-17/h2-5,7,9,11H,6,8,10H2,1H3,(H,21,23). The average Bonchev–Trinajstić information content (AvgIpc) is 3.21. The lowest BCUT2D eigenvalue weighted by Gasteiger charge is -2.10. The SMILES string of the molecule is COC(=O)c1ccccc1NC(=O)COC(=O)CCn1cnc2sccc2c1=O. The van der Waals surface area contributed by atoms with Crippen LogP contribution in [0.15, 0.2) is 46.8 Å². The maximum Gasteiger partial charge on any atom is 0.339 e. The van der Waals surface area contributed by atoms with E-state index in [1.807, 2.05) is 0 Å². The molecule has 0 radical (unpaired) electrons. The summed E-state index contributed by atoms with van der Waals surface area (Å²) < 4.78 is 10.9. The Bertz CT molecular complexity index is 1120. The molecule has 0 aliphatic carbocycles. The van der Waals surface area contributed by atoms with Gasteiger partial charge in [-0.2, -0.15) is 0 Å². The molecule has 0 saturated carbocycles. The van der Waals surface area contributed by atoms with Crippen molar-refractivity contribution < 1.29 is 23.9 Å². The molecular weight excluding hydrogens is 398 g/mol. The van der Waals surface area contributed by atoms with Crippen LogP contribution in [-0.2, 0) is 25.6 Å². The number of anilines is 1. The maximum absolute atomic E-state index is 12.3. The summed E-state index contributed by atoms with van der Waals surface area (Å²) in [4.78, 5) is 52.7. The topological polar surface area (TPSA) is 117 Å². The average molecular weight is 415 g/mol. The van der Waals surface area contributed by atoms with Crippen LogP contribution >= 0.6 is 11.3 Å². The van der Waals surface area contributed by atoms with Crippen molar-refractivity contribution in [1.82, 2.24) is 9.55 Å². The van der Waals surface area contributed by atoms with Crippen molar-refractivity contribution >= 4 is 45.1 Å². The number of benzene rings is 1. The summed E-state index contributed by atoms with van der Waals surface area (Å²) in [6.45, 7) is -0.436. The first kappa shape index (κ1) is 20.2. The van der Waals surface area contributed by atoms with Gasteiger partial charge in [-0.05, 0) is 23.6 Å². The first-order valence-electron chi connectivity index (χ1n) is 8.55. The summed E-state index contributed by atoms with van der Waals surface area (Å²) in [5.74, 6) is -1.84. The van der Waals surface area contributed by atoms with E-state index in [1.54, 1.807) is 23.6 Å². The van der Waals surface area contributed by atoms with Crippen molar-refractivity contribution in [2.75, 3.05) is 19.0 Å². The molecule has 0 spiro atoms. The second-order valence-corrected chi connectivity index (χ2v) is 6.77. The fourth-order valence-electron chi connectivity index (χ4n) is 2.55. The number of aromatic nitrogens is 2. The van der Waals surface area contributed by atoms with Crippen LogP contribution in [0.1, 0.15) is 16.8 Å². The van der Waals surface area contributed by atoms with Crippen LogP contribution in [-0.4, -0.2) is 41.1 Å². The fraction of sp³-hybridized carbons (Fsp3) is 0.211. The summed E-state index contributed by atoms with van der Waals surface area (Å²) >= 11 is 1.36. The fourth-order valence-corrected chi connectivity index (χ4v) is 3.27. The Labute approximate surface area is 168 Å². The maximum atomic E-state index is 12.3. The van der Waals surface area contributed by atoms with E-state index < -0.39 is 24.5 Å². The van der Waals surface area contributed by atoms with Crippen molar-refractivity contribution in [2.45, 2.75) is 13.0 Å². The highest BCUT2D eigenvalue weighted by atomic mass is 32.1. The van der Waals surface area contributed by atoms with Gasteiger partial charge >= 0.3 is 11.9 Å². The van der Waals surface area contributed by atoms with E-state index in [0.29, 0.717) is 10.2 Å². The molecule has 0 saturated heterocycles. The number of aryl methyl sites for hydroxylation is 1. The molecule has 29 heavy (non-hydrogen) atoms. The number of amides is 1. The van der Waals surface area contributed by atoms with Crippen LogP contribution in [0.4, 0.5) is 5.69 Å². The smallest absolute Gasteiger partial charge is 0.339 e. The number of carbonyl (C=O) groups is 3. The zero-order valence-corrected chi connectivity index (χ0v) is 16.2. The van der Waals surface area contributed by atoms with E-state index in [1.165, 1.54) is 41.5 Å². The van der Waals surface area contributed by atoms with Crippen LogP contribution in [0.5, 0.6) is 0 Å². The number of esters is 2. The lowest BCUT2D eigenvalue weighted by atomic mass is 10.2. The molecule has 0 fully saturated rings. The number of nitrogens with one attached hydrogen (secondary N) is 1. The Morgan fingerprint density at radius 1 is 1.21 bits per heavy atom. The van der Waals surface area contributed by atoms with Gasteiger partial charge in [0.1, 0.15) is 4.83 Å². The lowest BCUT2D eigenvalue weighted by Crippen LogP contribution is -2.24. The third-order valence-corrected chi connectivity index (χ3v) is 4.80. The molecule has 2 heterocycles. The molecule has 0 aliphatic rings. The quantitative estimate of drug-likeness (QED) is 0.585. The molecule has 150 valence electrons. The molecule has 0 atom stereocenters. The van der Waals surface area contributed by atoms with Crippen molar-refractivity contribution in [3.05, 3.63) is 58.0 Å². The van der Waals surface area contributed by atoms with Gasteiger partial charge in [0.2, 0.25) is 0 Å². The molecule has 3 rings (SSSR count). The second-order valence-electron chi connectivity index (χ2n) is 5.88. The van der Waals surface area contributed by atoms with Crippen molar-refractivity contribution in [3.63, 3.8) is 0 Å². The molecule has 1 aromatic carbocycles. The molecule has 2 aromatic heterocycles. The normalized spacial score (nSPS) is 10.5. The summed E-state index contributed by atoms with van der Waals surface area (Å²) in [5.41, 5.74) is 0.202. The van der Waals surface area contributed by atoms with Crippen LogP contribution < -0.4 is 10.9 Å². The number of nitrogens with zero attached hydrogens (tertiary/aromatic N) is 2. The minimum atomic E-state index is -0.640. The predicted molar refractivity (Wildman–Crippen MR) is 106 cm³/mol. The van der Waals surface area contributed by atoms with Crippen molar-refractivity contribution in [3.8, 4) is 0 Å². The molecular formula is C19H17N3O6S. The van der Waals surface area contributed by atoms with Gasteiger partial charge in [-0.1, -0.05) is 12.1 Å². The summed E-state index contributed by atoms with van der Waals surface area (Å²) in [6, 6.07) is 7.99. The Kier molecular flexibility index (Phi) is 6.35. The van der Waals surface area contributed by atoms with Crippen LogP contribution in [0, 0.1) is 0 Å². The zero-order valence-electron chi connectivity index (χ0n) is 15.4. The van der Waals surface area contributed by atoms with Gasteiger partial charge in [0.15, 0.2) is 6.61 Å². The molecule has 0 aliphatic heterocycles. The number of thiophene rings is 1. The predicted octanol–water partition coefficient (Wildman–Crippen LogP) is 1.82. The first-order valence-corrected chi connectivity index (χ1v) is 9.43. The van der Waals surface area contributed by atoms with Crippen molar-refractivity contribution in [1.29, 1.82) is 0 Å². The number of fused-ring (bicyclic) bond motifs is 1. The van der Waals surface area contributed by atoms with Gasteiger partial charge in [-0.3, -0.25) is 19.0 Å². The molecule has 9 nitrogen and oxygen atoms in total. The number of hydrogen-bond donors (Lipinski definition) is 1. The van der Waals surface area contributed by atoms with Crippen LogP contribution in [0.25, 0.3) is 10.2 Å². The van der Waals surface area contributed by atoms with E-state index in [2.05, 4.69) is 15.0 Å². The monoisotopic (exact) mass is 415 g/mol. The van der Waals surface area contributed by atoms with Gasteiger partial charge in [-0.25, -0.2) is 9.78 Å². The number of methoxy groups -OCH3 is 1. The van der Waals surface area contributed by atoms with Gasteiger partial charge in [0.25, 0.3) is 11.5 Å². The highest BCUT2D eigenvalue weighted by Crippen LogP contribution is 2.16. The van der Waals surface area contributed by atoms with E-state index in [4.69, 9.17) is 4.74 Å². The van der Waals surface area contributed by atoms with Crippen LogP contribution in [0.2, 0.25) is 0 Å². The van der Waals surface area contributed by atoms with E-state index in [9.17, 15) is 19.2 Å². The zero-order chi connectivity index (χ0) is 20.8. The van der Waals surface area contributed by atoms with Gasteiger partial charge in [-0.15, -0.1) is 11.3 Å². The molecule has 0 unspecified atom stereocenters. The number of para-hydroxylation sites is 1. The summed E-state index contributed by atoms with van der Waals surface area (Å²) in [6.07, 6.45) is 1.29. The Morgan fingerprint density at radius 2 is 2.00 bits per heavy atom. The van der Waals surface area contributed by atoms with Gasteiger partial charge in [0.05, 0.1) is 36.5 Å². The minimum Gasteiger partial charge on any atom is -0.465 e. The van der Waals surface area contributed by atoms with Crippen LogP contribution in [0.3, 0.4) is 0 Å². The molecule has 1 amide bonds. The number of hydrogen-bond acceptors (Lipinski definition) is 8. The Hall–Kier alpha value is -3.53. The van der Waals surface area contributed by atoms with Gasteiger partial charge in [0, 0.05) is 6.54 Å². The largest absolute Gasteiger partial charge is 0.465 e. The number of ether oxygens (including phenoxy) is 2. The van der Waals surface area contributed by atoms with E-state index in [0.717, 1.165) is 0 Å². The highest BCUT2D eigenvalue weighted by Gasteiger charge is 2.15.